The van der Waals surface area contributed by atoms with Gasteiger partial charge < -0.3 is 4.74 Å². The van der Waals surface area contributed by atoms with E-state index in [1.807, 2.05) is 6.92 Å². The average Bonchev–Trinajstić information content (AvgIpc) is 2.91. The van der Waals surface area contributed by atoms with Crippen molar-refractivity contribution in [3.63, 3.8) is 0 Å². The van der Waals surface area contributed by atoms with E-state index < -0.39 is 15.7 Å². The molecule has 0 aliphatic carbocycles. The van der Waals surface area contributed by atoms with Crippen LogP contribution in [-0.2, 0) is 14.6 Å². The smallest absolute Gasteiger partial charge is 0.269 e. The van der Waals surface area contributed by atoms with Crippen molar-refractivity contribution < 1.29 is 22.7 Å². The van der Waals surface area contributed by atoms with Crippen molar-refractivity contribution in [3.05, 3.63) is 29.8 Å². The molecule has 1 aromatic carbocycles. The van der Waals surface area contributed by atoms with E-state index in [1.54, 1.807) is 24.3 Å². The van der Waals surface area contributed by atoms with E-state index in [0.29, 0.717) is 24.3 Å². The molecule has 24 heavy (non-hydrogen) atoms. The maximum absolute atomic E-state index is 11.9. The number of carbonyl (C=O) groups is 2. The number of nitrogens with one attached hydrogen (secondary N) is 2. The van der Waals surface area contributed by atoms with Gasteiger partial charge in [0.1, 0.15) is 5.75 Å². The first-order valence-electron chi connectivity index (χ1n) is 7.53. The Morgan fingerprint density at radius 2 is 1.96 bits per heavy atom. The third kappa shape index (κ3) is 5.72. The Morgan fingerprint density at radius 1 is 1.25 bits per heavy atom. The minimum absolute atomic E-state index is 0.0532. The molecule has 0 bridgehead atoms. The van der Waals surface area contributed by atoms with Gasteiger partial charge in [-0.1, -0.05) is 0 Å². The van der Waals surface area contributed by atoms with Crippen molar-refractivity contribution in [2.24, 2.45) is 0 Å². The predicted octanol–water partition coefficient (Wildman–Crippen LogP) is 0.767. The molecule has 9 heteroatoms. The number of carbonyl (C=O) groups excluding carboxylic acids is 2. The highest BCUT2D eigenvalue weighted by atomic mass is 32.2. The Labute approximate surface area is 145 Å². The van der Waals surface area contributed by atoms with Crippen molar-refractivity contribution in [2.45, 2.75) is 18.6 Å². The molecule has 1 saturated heterocycles. The maximum atomic E-state index is 11.9. The van der Waals surface area contributed by atoms with Gasteiger partial charge in [-0.3, -0.25) is 20.4 Å². The minimum atomic E-state index is -2.95. The lowest BCUT2D eigenvalue weighted by Crippen LogP contribution is -2.42. The van der Waals surface area contributed by atoms with Crippen LogP contribution in [0.2, 0.25) is 0 Å². The summed E-state index contributed by atoms with van der Waals surface area (Å²) in [7, 11) is -2.95. The lowest BCUT2D eigenvalue weighted by Gasteiger charge is -2.10. The zero-order chi connectivity index (χ0) is 17.6. The summed E-state index contributed by atoms with van der Waals surface area (Å²) in [6.45, 7) is 2.41. The van der Waals surface area contributed by atoms with E-state index in [1.165, 1.54) is 11.8 Å². The fraction of sp³-hybridized carbons (Fsp3) is 0.467. The van der Waals surface area contributed by atoms with Crippen molar-refractivity contribution in [1.29, 1.82) is 0 Å². The van der Waals surface area contributed by atoms with E-state index in [-0.39, 0.29) is 28.4 Å². The van der Waals surface area contributed by atoms with Crippen LogP contribution in [0.15, 0.2) is 24.3 Å². The first-order chi connectivity index (χ1) is 11.4. The van der Waals surface area contributed by atoms with Crippen LogP contribution in [0.5, 0.6) is 5.75 Å². The highest BCUT2D eigenvalue weighted by Crippen LogP contribution is 2.23. The largest absolute Gasteiger partial charge is 0.494 e. The van der Waals surface area contributed by atoms with E-state index in [9.17, 15) is 18.0 Å². The van der Waals surface area contributed by atoms with Crippen molar-refractivity contribution in [2.75, 3.05) is 23.9 Å². The molecule has 1 aliphatic heterocycles. The Morgan fingerprint density at radius 3 is 2.54 bits per heavy atom. The second kappa shape index (κ2) is 8.39. The van der Waals surface area contributed by atoms with Gasteiger partial charge in [-0.25, -0.2) is 8.42 Å². The SMILES string of the molecule is CCOc1ccc(C(=O)NNC(=O)CS[C@H]2CCS(=O)(=O)C2)cc1. The van der Waals surface area contributed by atoms with Crippen LogP contribution < -0.4 is 15.6 Å². The molecule has 0 unspecified atom stereocenters. The minimum Gasteiger partial charge on any atom is -0.494 e. The van der Waals surface area contributed by atoms with Crippen LogP contribution in [0.3, 0.4) is 0 Å². The molecule has 0 spiro atoms. The molecule has 1 aliphatic rings. The topological polar surface area (TPSA) is 102 Å². The molecule has 7 nitrogen and oxygen atoms in total. The van der Waals surface area contributed by atoms with Crippen LogP contribution in [0.4, 0.5) is 0 Å². The quantitative estimate of drug-likeness (QED) is 0.715. The summed E-state index contributed by atoms with van der Waals surface area (Å²) in [4.78, 5) is 23.6. The molecule has 2 rings (SSSR count). The first kappa shape index (κ1) is 18.6. The van der Waals surface area contributed by atoms with Crippen LogP contribution in [0.1, 0.15) is 23.7 Å². The average molecular weight is 372 g/mol. The zero-order valence-corrected chi connectivity index (χ0v) is 14.9. The van der Waals surface area contributed by atoms with Gasteiger partial charge in [0.15, 0.2) is 9.84 Å². The molecule has 1 aromatic rings. The molecule has 0 aromatic heterocycles. The van der Waals surface area contributed by atoms with Crippen LogP contribution in [0.25, 0.3) is 0 Å². The van der Waals surface area contributed by atoms with Gasteiger partial charge in [0.2, 0.25) is 5.91 Å². The number of hydrogen-bond acceptors (Lipinski definition) is 6. The predicted molar refractivity (Wildman–Crippen MR) is 92.7 cm³/mol. The Hall–Kier alpha value is -1.74. The number of amides is 2. The first-order valence-corrected chi connectivity index (χ1v) is 10.4. The number of hydrogen-bond donors (Lipinski definition) is 2. The van der Waals surface area contributed by atoms with Crippen LogP contribution >= 0.6 is 11.8 Å². The van der Waals surface area contributed by atoms with Crippen molar-refractivity contribution in [3.8, 4) is 5.75 Å². The summed E-state index contributed by atoms with van der Waals surface area (Å²) in [5.41, 5.74) is 5.05. The molecular formula is C15H20N2O5S2. The Kier molecular flexibility index (Phi) is 6.50. The van der Waals surface area contributed by atoms with Crippen LogP contribution in [-0.4, -0.2) is 49.3 Å². The summed E-state index contributed by atoms with van der Waals surface area (Å²) in [6, 6.07) is 6.56. The number of rotatable bonds is 6. The van der Waals surface area contributed by atoms with Crippen molar-refractivity contribution in [1.82, 2.24) is 10.9 Å². The van der Waals surface area contributed by atoms with Crippen molar-refractivity contribution >= 4 is 33.4 Å². The Balaban J connectivity index is 1.72. The van der Waals surface area contributed by atoms with Crippen LogP contribution in [0, 0.1) is 0 Å². The highest BCUT2D eigenvalue weighted by Gasteiger charge is 2.28. The molecule has 0 saturated carbocycles. The summed E-state index contributed by atoms with van der Waals surface area (Å²) >= 11 is 1.29. The van der Waals surface area contributed by atoms with Gasteiger partial charge >= 0.3 is 0 Å². The molecule has 2 N–H and O–H groups in total. The molecule has 0 radical (unpaired) electrons. The second-order valence-electron chi connectivity index (χ2n) is 5.30. The third-order valence-electron chi connectivity index (χ3n) is 3.38. The number of sulfone groups is 1. The molecule has 1 fully saturated rings. The van der Waals surface area contributed by atoms with Gasteiger partial charge in [-0.15, -0.1) is 11.8 Å². The van der Waals surface area contributed by atoms with Gasteiger partial charge in [-0.05, 0) is 37.6 Å². The van der Waals surface area contributed by atoms with E-state index in [4.69, 9.17) is 4.74 Å². The fourth-order valence-electron chi connectivity index (χ4n) is 2.19. The molecule has 132 valence electrons. The second-order valence-corrected chi connectivity index (χ2v) is 8.81. The maximum Gasteiger partial charge on any atom is 0.269 e. The number of ether oxygens (including phenoxy) is 1. The summed E-state index contributed by atoms with van der Waals surface area (Å²) in [6.07, 6.45) is 0.568. The van der Waals surface area contributed by atoms with E-state index >= 15 is 0 Å². The van der Waals surface area contributed by atoms with E-state index in [0.717, 1.165) is 0 Å². The fourth-order valence-corrected chi connectivity index (χ4v) is 5.63. The lowest BCUT2D eigenvalue weighted by atomic mass is 10.2. The van der Waals surface area contributed by atoms with Gasteiger partial charge in [0.05, 0.1) is 23.9 Å². The number of thioether (sulfide) groups is 1. The monoisotopic (exact) mass is 372 g/mol. The highest BCUT2D eigenvalue weighted by molar-refractivity contribution is 8.02. The number of benzene rings is 1. The summed E-state index contributed by atoms with van der Waals surface area (Å²) < 4.78 is 28.0. The normalized spacial score (nSPS) is 18.8. The Bertz CT molecular complexity index is 688. The summed E-state index contributed by atoms with van der Waals surface area (Å²) in [5, 5.41) is -0.0532. The molecule has 2 amide bonds. The molecule has 1 heterocycles. The standard InChI is InChI=1S/C15H20N2O5S2/c1-2-22-12-5-3-11(4-6-12)15(19)17-16-14(18)9-23-13-7-8-24(20,21)10-13/h3-6,13H,2,7-10H2,1H3,(H,16,18)(H,17,19)/t13-/m0/s1. The molecule has 1 atom stereocenters. The molecular weight excluding hydrogens is 352 g/mol. The van der Waals surface area contributed by atoms with Gasteiger partial charge in [0, 0.05) is 10.8 Å². The number of hydrazine groups is 1. The summed E-state index contributed by atoms with van der Waals surface area (Å²) in [5.74, 6) is 0.262. The van der Waals surface area contributed by atoms with Gasteiger partial charge in [-0.2, -0.15) is 0 Å². The lowest BCUT2D eigenvalue weighted by molar-refractivity contribution is -0.119. The third-order valence-corrected chi connectivity index (χ3v) is 6.67. The zero-order valence-electron chi connectivity index (χ0n) is 13.3. The van der Waals surface area contributed by atoms with E-state index in [2.05, 4.69) is 10.9 Å². The van der Waals surface area contributed by atoms with Gasteiger partial charge in [0.25, 0.3) is 5.91 Å².